The third-order valence-corrected chi connectivity index (χ3v) is 3.43. The second-order valence-corrected chi connectivity index (χ2v) is 4.62. The van der Waals surface area contributed by atoms with Crippen LogP contribution in [0.25, 0.3) is 0 Å². The van der Waals surface area contributed by atoms with E-state index in [1.165, 1.54) is 20.0 Å². The average molecular weight is 249 g/mol. The molecule has 2 N–H and O–H groups in total. The monoisotopic (exact) mass is 249 g/mol. The second kappa shape index (κ2) is 5.35. The maximum atomic E-state index is 11.7. The fourth-order valence-electron chi connectivity index (χ4n) is 2.25. The molecule has 0 radical (unpaired) electrons. The minimum Gasteiger partial charge on any atom is -0.465 e. The first-order chi connectivity index (χ1) is 8.69. The predicted octanol–water partition coefficient (Wildman–Crippen LogP) is 1.04. The van der Waals surface area contributed by atoms with Crippen LogP contribution in [-0.2, 0) is 4.74 Å². The Balaban J connectivity index is 2.28. The maximum Gasteiger partial charge on any atom is 0.341 e. The van der Waals surface area contributed by atoms with E-state index in [0.29, 0.717) is 23.8 Å². The molecule has 5 nitrogen and oxygen atoms in total. The number of likely N-dealkylation sites (N-methyl/N-ethyl adjacent to an activating group) is 1. The lowest BCUT2D eigenvalue weighted by atomic mass is 10.1. The lowest BCUT2D eigenvalue weighted by molar-refractivity contribution is 0.0601. The number of hydrogen-bond donors (Lipinski definition) is 1. The van der Waals surface area contributed by atoms with Gasteiger partial charge in [-0.2, -0.15) is 0 Å². The topological polar surface area (TPSA) is 68.5 Å². The fraction of sp³-hybridized carbons (Fsp3) is 0.538. The number of carbonyl (C=O) groups is 1. The Morgan fingerprint density at radius 3 is 2.94 bits per heavy atom. The van der Waals surface area contributed by atoms with Crippen LogP contribution in [0.4, 0.5) is 5.82 Å². The van der Waals surface area contributed by atoms with E-state index in [-0.39, 0.29) is 12.0 Å². The Hall–Kier alpha value is -1.62. The zero-order valence-electron chi connectivity index (χ0n) is 10.8. The minimum absolute atomic E-state index is 0.239. The van der Waals surface area contributed by atoms with Crippen LogP contribution >= 0.6 is 0 Å². The van der Waals surface area contributed by atoms with Crippen LogP contribution < -0.4 is 10.6 Å². The molecular formula is C13H19N3O2. The van der Waals surface area contributed by atoms with Gasteiger partial charge in [0.05, 0.1) is 7.11 Å². The van der Waals surface area contributed by atoms with E-state index < -0.39 is 0 Å². The summed E-state index contributed by atoms with van der Waals surface area (Å²) in [5.41, 5.74) is 6.31. The molecule has 0 bridgehead atoms. The number of nitrogens with two attached hydrogens (primary N) is 1. The second-order valence-electron chi connectivity index (χ2n) is 4.62. The van der Waals surface area contributed by atoms with Crippen LogP contribution in [-0.4, -0.2) is 37.7 Å². The SMILES string of the molecule is COC(=O)c1cccnc1N(C)C(CN)C1CC1. The molecule has 98 valence electrons. The molecule has 1 aromatic rings. The molecule has 0 saturated heterocycles. The van der Waals surface area contributed by atoms with Gasteiger partial charge >= 0.3 is 5.97 Å². The number of rotatable bonds is 5. The van der Waals surface area contributed by atoms with Crippen molar-refractivity contribution in [3.63, 3.8) is 0 Å². The molecular weight excluding hydrogens is 230 g/mol. The van der Waals surface area contributed by atoms with Gasteiger partial charge in [-0.05, 0) is 30.9 Å². The molecule has 1 fully saturated rings. The molecule has 0 aliphatic heterocycles. The highest BCUT2D eigenvalue weighted by atomic mass is 16.5. The van der Waals surface area contributed by atoms with Crippen molar-refractivity contribution in [2.45, 2.75) is 18.9 Å². The Morgan fingerprint density at radius 1 is 1.67 bits per heavy atom. The van der Waals surface area contributed by atoms with Crippen molar-refractivity contribution >= 4 is 11.8 Å². The Morgan fingerprint density at radius 2 is 2.39 bits per heavy atom. The minimum atomic E-state index is -0.364. The van der Waals surface area contributed by atoms with Gasteiger partial charge < -0.3 is 15.4 Å². The molecule has 0 spiro atoms. The highest BCUT2D eigenvalue weighted by molar-refractivity contribution is 5.94. The number of aromatic nitrogens is 1. The van der Waals surface area contributed by atoms with E-state index in [9.17, 15) is 4.79 Å². The highest BCUT2D eigenvalue weighted by Gasteiger charge is 2.34. The maximum absolute atomic E-state index is 11.7. The first-order valence-corrected chi connectivity index (χ1v) is 6.15. The summed E-state index contributed by atoms with van der Waals surface area (Å²) in [6.07, 6.45) is 4.08. The van der Waals surface area contributed by atoms with Crippen LogP contribution in [0, 0.1) is 5.92 Å². The van der Waals surface area contributed by atoms with Gasteiger partial charge in [0.2, 0.25) is 0 Å². The third-order valence-electron chi connectivity index (χ3n) is 3.43. The van der Waals surface area contributed by atoms with Crippen molar-refractivity contribution < 1.29 is 9.53 Å². The van der Waals surface area contributed by atoms with E-state index in [0.717, 1.165) is 0 Å². The molecule has 1 heterocycles. The summed E-state index contributed by atoms with van der Waals surface area (Å²) in [7, 11) is 3.31. The summed E-state index contributed by atoms with van der Waals surface area (Å²) in [6, 6.07) is 3.70. The van der Waals surface area contributed by atoms with E-state index in [4.69, 9.17) is 10.5 Å². The normalized spacial score (nSPS) is 16.2. The molecule has 5 heteroatoms. The third kappa shape index (κ3) is 2.46. The van der Waals surface area contributed by atoms with E-state index in [1.54, 1.807) is 18.3 Å². The van der Waals surface area contributed by atoms with E-state index >= 15 is 0 Å². The number of carbonyl (C=O) groups excluding carboxylic acids is 1. The summed E-state index contributed by atoms with van der Waals surface area (Å²) in [6.45, 7) is 0.568. The molecule has 1 aliphatic carbocycles. The largest absolute Gasteiger partial charge is 0.465 e. The van der Waals surface area contributed by atoms with Gasteiger partial charge in [-0.25, -0.2) is 9.78 Å². The van der Waals surface area contributed by atoms with E-state index in [1.807, 2.05) is 11.9 Å². The number of nitrogens with zero attached hydrogens (tertiary/aromatic N) is 2. The van der Waals surface area contributed by atoms with Gasteiger partial charge in [0.25, 0.3) is 0 Å². The quantitative estimate of drug-likeness (QED) is 0.790. The van der Waals surface area contributed by atoms with Crippen LogP contribution in [0.1, 0.15) is 23.2 Å². The van der Waals surface area contributed by atoms with Crippen molar-refractivity contribution in [3.8, 4) is 0 Å². The molecule has 1 aromatic heterocycles. The van der Waals surface area contributed by atoms with Crippen LogP contribution in [0.2, 0.25) is 0 Å². The molecule has 18 heavy (non-hydrogen) atoms. The zero-order valence-corrected chi connectivity index (χ0v) is 10.8. The van der Waals surface area contributed by atoms with Gasteiger partial charge in [-0.3, -0.25) is 0 Å². The number of esters is 1. The summed E-state index contributed by atoms with van der Waals surface area (Å²) in [5, 5.41) is 0. The molecule has 1 saturated carbocycles. The fourth-order valence-corrected chi connectivity index (χ4v) is 2.25. The molecule has 1 aliphatic rings. The van der Waals surface area contributed by atoms with Crippen molar-refractivity contribution in [1.82, 2.24) is 4.98 Å². The Kier molecular flexibility index (Phi) is 3.81. The predicted molar refractivity (Wildman–Crippen MR) is 69.5 cm³/mol. The van der Waals surface area contributed by atoms with E-state index in [2.05, 4.69) is 4.98 Å². The van der Waals surface area contributed by atoms with Gasteiger partial charge in [0.1, 0.15) is 11.4 Å². The van der Waals surface area contributed by atoms with Crippen LogP contribution in [0.3, 0.4) is 0 Å². The molecule has 1 unspecified atom stereocenters. The molecule has 0 amide bonds. The van der Waals surface area contributed by atoms with Crippen molar-refractivity contribution in [1.29, 1.82) is 0 Å². The zero-order chi connectivity index (χ0) is 13.1. The first kappa shape index (κ1) is 12.8. The molecule has 0 aromatic carbocycles. The van der Waals surface area contributed by atoms with Gasteiger partial charge in [-0.1, -0.05) is 0 Å². The first-order valence-electron chi connectivity index (χ1n) is 6.15. The van der Waals surface area contributed by atoms with Crippen LogP contribution in [0.5, 0.6) is 0 Å². The lowest BCUT2D eigenvalue weighted by Gasteiger charge is -2.29. The average Bonchev–Trinajstić information content (AvgIpc) is 3.23. The van der Waals surface area contributed by atoms with Crippen LogP contribution in [0.15, 0.2) is 18.3 Å². The Labute approximate surface area is 107 Å². The van der Waals surface area contributed by atoms with Gasteiger partial charge in [0, 0.05) is 25.8 Å². The molecule has 1 atom stereocenters. The van der Waals surface area contributed by atoms with Crippen molar-refractivity contribution in [2.75, 3.05) is 25.6 Å². The summed E-state index contributed by atoms with van der Waals surface area (Å²) < 4.78 is 4.78. The number of anilines is 1. The number of methoxy groups -OCH3 is 1. The van der Waals surface area contributed by atoms with Gasteiger partial charge in [0.15, 0.2) is 0 Å². The summed E-state index contributed by atoms with van der Waals surface area (Å²) >= 11 is 0. The summed E-state index contributed by atoms with van der Waals surface area (Å²) in [5.74, 6) is 0.899. The molecule has 2 rings (SSSR count). The number of ether oxygens (including phenoxy) is 1. The van der Waals surface area contributed by atoms with Crippen molar-refractivity contribution in [3.05, 3.63) is 23.9 Å². The smallest absolute Gasteiger partial charge is 0.341 e. The van der Waals surface area contributed by atoms with Gasteiger partial charge in [-0.15, -0.1) is 0 Å². The summed E-state index contributed by atoms with van der Waals surface area (Å²) in [4.78, 5) is 18.0. The highest BCUT2D eigenvalue weighted by Crippen LogP contribution is 2.36. The van der Waals surface area contributed by atoms with Crippen molar-refractivity contribution in [2.24, 2.45) is 11.7 Å². The number of hydrogen-bond acceptors (Lipinski definition) is 5. The Bertz CT molecular complexity index is 432. The number of pyridine rings is 1. The standard InChI is InChI=1S/C13H19N3O2/c1-16(11(8-14)9-5-6-9)12-10(13(17)18-2)4-3-7-15-12/h3-4,7,9,11H,5-6,8,14H2,1-2H3. The lowest BCUT2D eigenvalue weighted by Crippen LogP contribution is -2.40.